The minimum atomic E-state index is -0.965. The van der Waals surface area contributed by atoms with Crippen LogP contribution in [0.1, 0.15) is 49.5 Å². The van der Waals surface area contributed by atoms with Crippen molar-refractivity contribution in [2.45, 2.75) is 25.5 Å². The highest BCUT2D eigenvalue weighted by Crippen LogP contribution is 2.31. The molecule has 46 heavy (non-hydrogen) atoms. The average molecular weight is 622 g/mol. The summed E-state index contributed by atoms with van der Waals surface area (Å²) in [5.41, 5.74) is 4.08. The zero-order valence-corrected chi connectivity index (χ0v) is 25.4. The van der Waals surface area contributed by atoms with Crippen LogP contribution in [0.4, 0.5) is 11.4 Å². The van der Waals surface area contributed by atoms with Crippen molar-refractivity contribution in [3.63, 3.8) is 0 Å². The van der Waals surface area contributed by atoms with Gasteiger partial charge < -0.3 is 14.5 Å². The third kappa shape index (κ3) is 5.85. The first-order valence-electron chi connectivity index (χ1n) is 15.7. The molecule has 7 rings (SSSR count). The van der Waals surface area contributed by atoms with Gasteiger partial charge >= 0.3 is 5.97 Å². The monoisotopic (exact) mass is 621 g/mol. The molecule has 4 heterocycles. The Kier molecular flexibility index (Phi) is 8.00. The molecule has 1 atom stereocenters. The maximum Gasteiger partial charge on any atom is 0.338 e. The fourth-order valence-corrected chi connectivity index (χ4v) is 6.72. The summed E-state index contributed by atoms with van der Waals surface area (Å²) < 4.78 is 5.44. The van der Waals surface area contributed by atoms with Crippen LogP contribution < -0.4 is 15.1 Å². The molecule has 0 spiro atoms. The van der Waals surface area contributed by atoms with Crippen molar-refractivity contribution in [2.24, 2.45) is 5.92 Å². The van der Waals surface area contributed by atoms with Gasteiger partial charge in [0.1, 0.15) is 12.6 Å². The predicted octanol–water partition coefficient (Wildman–Crippen LogP) is 2.70. The van der Waals surface area contributed by atoms with Crippen molar-refractivity contribution in [3.05, 3.63) is 95.1 Å². The number of fused-ring (bicyclic) bond motifs is 1. The van der Waals surface area contributed by atoms with Gasteiger partial charge in [-0.25, -0.2) is 4.79 Å². The summed E-state index contributed by atoms with van der Waals surface area (Å²) in [5.74, 6) is -1.74. The number of hydrogen-bond donors (Lipinski definition) is 1. The molecule has 0 aliphatic carbocycles. The molecule has 0 aromatic heterocycles. The van der Waals surface area contributed by atoms with E-state index in [4.69, 9.17) is 4.74 Å². The Bertz CT molecular complexity index is 1680. The molecule has 0 bridgehead atoms. The molecule has 3 saturated heterocycles. The van der Waals surface area contributed by atoms with Gasteiger partial charge in [-0.1, -0.05) is 30.3 Å². The van der Waals surface area contributed by atoms with Gasteiger partial charge in [0, 0.05) is 69.5 Å². The van der Waals surface area contributed by atoms with Crippen LogP contribution in [0, 0.1) is 5.92 Å². The maximum absolute atomic E-state index is 13.2. The minimum absolute atomic E-state index is 0.0965. The number of imide groups is 2. The quantitative estimate of drug-likeness (QED) is 0.299. The lowest BCUT2D eigenvalue weighted by atomic mass is 9.97. The average Bonchev–Trinajstić information content (AvgIpc) is 3.30. The van der Waals surface area contributed by atoms with E-state index in [1.54, 1.807) is 12.1 Å². The van der Waals surface area contributed by atoms with E-state index < -0.39 is 23.8 Å². The number of hydrogen-bond acceptors (Lipinski definition) is 9. The molecule has 1 N–H and O–H groups in total. The first-order valence-corrected chi connectivity index (χ1v) is 15.7. The van der Waals surface area contributed by atoms with Gasteiger partial charge in [-0.2, -0.15) is 0 Å². The number of piperidine rings is 1. The fraction of sp³-hybridized carbons (Fsp3) is 0.343. The lowest BCUT2D eigenvalue weighted by Crippen LogP contribution is -2.55. The Balaban J connectivity index is 0.872. The van der Waals surface area contributed by atoms with Crippen LogP contribution in [0.2, 0.25) is 0 Å². The number of esters is 1. The number of carbonyl (C=O) groups is 5. The minimum Gasteiger partial charge on any atom is -0.457 e. The molecule has 11 nitrogen and oxygen atoms in total. The van der Waals surface area contributed by atoms with Gasteiger partial charge in [0.05, 0.1) is 16.7 Å². The largest absolute Gasteiger partial charge is 0.457 e. The second-order valence-electron chi connectivity index (χ2n) is 12.3. The molecule has 3 aromatic rings. The fourth-order valence-electron chi connectivity index (χ4n) is 6.72. The third-order valence-electron chi connectivity index (χ3n) is 9.32. The van der Waals surface area contributed by atoms with E-state index in [1.165, 1.54) is 0 Å². The third-order valence-corrected chi connectivity index (χ3v) is 9.32. The van der Waals surface area contributed by atoms with Crippen LogP contribution in [-0.4, -0.2) is 91.3 Å². The molecular weight excluding hydrogens is 586 g/mol. The highest BCUT2D eigenvalue weighted by atomic mass is 16.5. The van der Waals surface area contributed by atoms with Gasteiger partial charge in [-0.05, 0) is 54.4 Å². The van der Waals surface area contributed by atoms with E-state index >= 15 is 0 Å². The molecule has 0 radical (unpaired) electrons. The lowest BCUT2D eigenvalue weighted by Gasteiger charge is -2.45. The van der Waals surface area contributed by atoms with Crippen LogP contribution in [-0.2, 0) is 20.9 Å². The van der Waals surface area contributed by atoms with Gasteiger partial charge in [0.2, 0.25) is 11.8 Å². The first-order chi connectivity index (χ1) is 22.3. The van der Waals surface area contributed by atoms with Crippen LogP contribution >= 0.6 is 0 Å². The number of piperazine rings is 1. The topological polar surface area (TPSA) is 120 Å². The summed E-state index contributed by atoms with van der Waals surface area (Å²) in [6, 6.07) is 21.6. The number of carbonyl (C=O) groups excluding carboxylic acids is 5. The lowest BCUT2D eigenvalue weighted by molar-refractivity contribution is -0.136. The molecule has 3 fully saturated rings. The van der Waals surface area contributed by atoms with Crippen molar-refractivity contribution >= 4 is 41.0 Å². The molecule has 3 aromatic carbocycles. The van der Waals surface area contributed by atoms with Crippen molar-refractivity contribution in [1.82, 2.24) is 15.1 Å². The normalized spacial score (nSPS) is 20.4. The number of ether oxygens (including phenoxy) is 1. The number of rotatable bonds is 8. The van der Waals surface area contributed by atoms with Crippen molar-refractivity contribution in [2.75, 3.05) is 55.6 Å². The van der Waals surface area contributed by atoms with Gasteiger partial charge in [-0.3, -0.25) is 34.3 Å². The van der Waals surface area contributed by atoms with Crippen LogP contribution in [0.5, 0.6) is 0 Å². The van der Waals surface area contributed by atoms with Crippen LogP contribution in [0.15, 0.2) is 72.8 Å². The number of benzene rings is 3. The second-order valence-corrected chi connectivity index (χ2v) is 12.3. The smallest absolute Gasteiger partial charge is 0.338 e. The Morgan fingerprint density at radius 3 is 2.20 bits per heavy atom. The molecule has 4 aliphatic rings. The molecule has 11 heteroatoms. The standard InChI is InChI=1S/C35H35N5O6/c41-31-13-12-30(32(42)36-31)40-33(43)28-11-10-27(18-29(28)34(40)44)38-16-14-37(15-17-38)19-24-20-39(21-24)26-8-6-25(7-9-26)35(45)46-22-23-4-2-1-3-5-23/h1-11,18,24,30H,12-17,19-22H2,(H,36,41,42). The SMILES string of the molecule is O=C1CCC(N2C(=O)c3ccc(N4CCN(CC5CN(c6ccc(C(=O)OCc7ccccc7)cc6)C5)CC4)cc3C2=O)C(=O)N1. The Labute approximate surface area is 266 Å². The van der Waals surface area contributed by atoms with Gasteiger partial charge in [-0.15, -0.1) is 0 Å². The Morgan fingerprint density at radius 1 is 0.783 bits per heavy atom. The zero-order chi connectivity index (χ0) is 31.8. The Morgan fingerprint density at radius 2 is 1.48 bits per heavy atom. The predicted molar refractivity (Wildman–Crippen MR) is 169 cm³/mol. The van der Waals surface area contributed by atoms with Gasteiger partial charge in [0.25, 0.3) is 11.8 Å². The number of anilines is 2. The molecule has 0 saturated carbocycles. The summed E-state index contributed by atoms with van der Waals surface area (Å²) in [6.45, 7) is 6.57. The van der Waals surface area contributed by atoms with E-state index in [9.17, 15) is 24.0 Å². The summed E-state index contributed by atoms with van der Waals surface area (Å²) in [6.07, 6.45) is 0.237. The maximum atomic E-state index is 13.2. The molecular formula is C35H35N5O6. The van der Waals surface area contributed by atoms with Crippen molar-refractivity contribution in [3.8, 4) is 0 Å². The highest BCUT2D eigenvalue weighted by Gasteiger charge is 2.44. The number of nitrogens with zero attached hydrogens (tertiary/aromatic N) is 4. The Hall–Kier alpha value is -5.03. The molecule has 1 unspecified atom stereocenters. The summed E-state index contributed by atoms with van der Waals surface area (Å²) in [5, 5.41) is 2.23. The molecule has 4 aliphatic heterocycles. The van der Waals surface area contributed by atoms with E-state index in [1.807, 2.05) is 60.7 Å². The van der Waals surface area contributed by atoms with Crippen molar-refractivity contribution in [1.29, 1.82) is 0 Å². The molecule has 4 amide bonds. The van der Waals surface area contributed by atoms with E-state index in [0.717, 1.165) is 67.7 Å². The number of nitrogens with one attached hydrogen (secondary N) is 1. The summed E-state index contributed by atoms with van der Waals surface area (Å²) >= 11 is 0. The summed E-state index contributed by atoms with van der Waals surface area (Å²) in [4.78, 5) is 70.6. The first kappa shape index (κ1) is 29.7. The number of amides is 4. The highest BCUT2D eigenvalue weighted by molar-refractivity contribution is 6.23. The second kappa shape index (κ2) is 12.4. The van der Waals surface area contributed by atoms with Crippen LogP contribution in [0.3, 0.4) is 0 Å². The van der Waals surface area contributed by atoms with Crippen molar-refractivity contribution < 1.29 is 28.7 Å². The summed E-state index contributed by atoms with van der Waals surface area (Å²) in [7, 11) is 0. The zero-order valence-electron chi connectivity index (χ0n) is 25.4. The van der Waals surface area contributed by atoms with E-state index in [-0.39, 0.29) is 31.3 Å². The van der Waals surface area contributed by atoms with E-state index in [2.05, 4.69) is 20.0 Å². The van der Waals surface area contributed by atoms with Gasteiger partial charge in [0.15, 0.2) is 0 Å². The van der Waals surface area contributed by atoms with Crippen LogP contribution in [0.25, 0.3) is 0 Å². The molecule has 236 valence electrons. The van der Waals surface area contributed by atoms with E-state index in [0.29, 0.717) is 22.6 Å².